The van der Waals surface area contributed by atoms with Crippen molar-refractivity contribution in [1.29, 1.82) is 0 Å². The topological polar surface area (TPSA) is 75.6 Å². The maximum atomic E-state index is 11.5. The smallest absolute Gasteiger partial charge is 0.344 e. The van der Waals surface area contributed by atoms with Gasteiger partial charge in [0.05, 0.1) is 0 Å². The van der Waals surface area contributed by atoms with Gasteiger partial charge in [0.2, 0.25) is 0 Å². The zero-order valence-electron chi connectivity index (χ0n) is 9.61. The summed E-state index contributed by atoms with van der Waals surface area (Å²) in [6.45, 7) is 5.30. The molecule has 0 aliphatic carbocycles. The van der Waals surface area contributed by atoms with Gasteiger partial charge in [-0.3, -0.25) is 4.79 Å². The van der Waals surface area contributed by atoms with E-state index >= 15 is 0 Å². The van der Waals surface area contributed by atoms with Gasteiger partial charge in [-0.2, -0.15) is 0 Å². The summed E-state index contributed by atoms with van der Waals surface area (Å²) in [7, 11) is 1.65. The maximum absolute atomic E-state index is 11.5. The molecular weight excluding hydrogens is 198 g/mol. The Morgan fingerprint density at radius 3 is 2.20 bits per heavy atom. The minimum atomic E-state index is -1.14. The molecule has 0 aliphatic rings. The second-order valence-electron chi connectivity index (χ2n) is 3.89. The van der Waals surface area contributed by atoms with Gasteiger partial charge in [-0.15, -0.1) is 0 Å². The molecule has 5 nitrogen and oxygen atoms in total. The zero-order valence-corrected chi connectivity index (χ0v) is 9.61. The van der Waals surface area contributed by atoms with Crippen LogP contribution in [0.3, 0.4) is 0 Å². The van der Waals surface area contributed by atoms with Crippen molar-refractivity contribution in [1.82, 2.24) is 5.32 Å². The lowest BCUT2D eigenvalue weighted by Gasteiger charge is -2.18. The van der Waals surface area contributed by atoms with Crippen molar-refractivity contribution in [3.8, 4) is 0 Å². The molecule has 88 valence electrons. The van der Waals surface area contributed by atoms with E-state index < -0.39 is 24.1 Å². The minimum absolute atomic E-state index is 0.343. The number of hydrogen-bond donors (Lipinski definition) is 2. The third kappa shape index (κ3) is 5.37. The van der Waals surface area contributed by atoms with Gasteiger partial charge in [0.25, 0.3) is 0 Å². The van der Waals surface area contributed by atoms with Crippen LogP contribution in [0.15, 0.2) is 0 Å². The lowest BCUT2D eigenvalue weighted by atomic mass is 10.0. The standard InChI is InChI=1S/C10H19NO4/c1-6(2)5-8(11-4)10(14)15-7(3)9(12)13/h6-8,11H,5H2,1-4H3,(H,12,13)/t7-,8+/m1/s1. The average Bonchev–Trinajstić information content (AvgIpc) is 2.13. The first-order valence-electron chi connectivity index (χ1n) is 4.99. The minimum Gasteiger partial charge on any atom is -0.479 e. The summed E-state index contributed by atoms with van der Waals surface area (Å²) in [6, 6.07) is -0.438. The normalized spacial score (nSPS) is 14.7. The molecule has 0 bridgehead atoms. The van der Waals surface area contributed by atoms with Gasteiger partial charge in [0, 0.05) is 0 Å². The van der Waals surface area contributed by atoms with E-state index in [-0.39, 0.29) is 0 Å². The van der Waals surface area contributed by atoms with Crippen molar-refractivity contribution < 1.29 is 19.4 Å². The number of carbonyl (C=O) groups is 2. The average molecular weight is 217 g/mol. The Balaban J connectivity index is 4.21. The van der Waals surface area contributed by atoms with E-state index in [1.54, 1.807) is 7.05 Å². The summed E-state index contributed by atoms with van der Waals surface area (Å²) >= 11 is 0. The van der Waals surface area contributed by atoms with Crippen LogP contribution in [0, 0.1) is 5.92 Å². The molecule has 0 radical (unpaired) electrons. The van der Waals surface area contributed by atoms with Crippen LogP contribution in [0.5, 0.6) is 0 Å². The highest BCUT2D eigenvalue weighted by molar-refractivity contribution is 5.80. The van der Waals surface area contributed by atoms with Crippen LogP contribution >= 0.6 is 0 Å². The van der Waals surface area contributed by atoms with Crippen LogP contribution in [-0.4, -0.2) is 36.2 Å². The summed E-state index contributed by atoms with van der Waals surface area (Å²) in [4.78, 5) is 21.9. The Morgan fingerprint density at radius 1 is 1.33 bits per heavy atom. The number of aliphatic carboxylic acids is 1. The third-order valence-corrected chi connectivity index (χ3v) is 1.98. The molecule has 0 spiro atoms. The van der Waals surface area contributed by atoms with Crippen LogP contribution in [0.25, 0.3) is 0 Å². The number of rotatable bonds is 6. The molecule has 0 aliphatic heterocycles. The highest BCUT2D eigenvalue weighted by atomic mass is 16.6. The molecule has 0 heterocycles. The molecule has 0 saturated heterocycles. The first-order chi connectivity index (χ1) is 6.88. The molecule has 0 unspecified atom stereocenters. The van der Waals surface area contributed by atoms with Gasteiger partial charge < -0.3 is 15.2 Å². The highest BCUT2D eigenvalue weighted by Crippen LogP contribution is 2.07. The van der Waals surface area contributed by atoms with Crippen molar-refractivity contribution in [2.24, 2.45) is 5.92 Å². The Labute approximate surface area is 89.8 Å². The van der Waals surface area contributed by atoms with E-state index in [4.69, 9.17) is 9.84 Å². The fraction of sp³-hybridized carbons (Fsp3) is 0.800. The summed E-state index contributed by atoms with van der Waals surface area (Å²) in [5.41, 5.74) is 0. The lowest BCUT2D eigenvalue weighted by Crippen LogP contribution is -2.39. The quantitative estimate of drug-likeness (QED) is 0.638. The SMILES string of the molecule is CN[C@@H](CC(C)C)C(=O)O[C@H](C)C(=O)O. The van der Waals surface area contributed by atoms with Gasteiger partial charge in [-0.25, -0.2) is 4.79 Å². The van der Waals surface area contributed by atoms with Gasteiger partial charge in [-0.1, -0.05) is 13.8 Å². The van der Waals surface area contributed by atoms with E-state index in [0.29, 0.717) is 12.3 Å². The monoisotopic (exact) mass is 217 g/mol. The summed E-state index contributed by atoms with van der Waals surface area (Å²) in [6.07, 6.45) is -0.470. The van der Waals surface area contributed by atoms with Crippen LogP contribution in [0.2, 0.25) is 0 Å². The molecule has 0 aromatic heterocycles. The predicted octanol–water partition coefficient (Wildman–Crippen LogP) is 0.637. The first kappa shape index (κ1) is 13.9. The van der Waals surface area contributed by atoms with Crippen LogP contribution in [-0.2, 0) is 14.3 Å². The zero-order chi connectivity index (χ0) is 12.0. The molecule has 2 N–H and O–H groups in total. The molecule has 2 atom stereocenters. The Hall–Kier alpha value is -1.10. The Morgan fingerprint density at radius 2 is 1.87 bits per heavy atom. The lowest BCUT2D eigenvalue weighted by molar-refractivity contribution is -0.164. The molecule has 0 saturated carbocycles. The molecule has 5 heteroatoms. The predicted molar refractivity (Wildman–Crippen MR) is 55.5 cm³/mol. The fourth-order valence-electron chi connectivity index (χ4n) is 1.11. The number of ether oxygens (including phenoxy) is 1. The number of nitrogens with one attached hydrogen (secondary N) is 1. The molecular formula is C10H19NO4. The second kappa shape index (κ2) is 6.40. The number of carbonyl (C=O) groups excluding carboxylic acids is 1. The van der Waals surface area contributed by atoms with E-state index in [0.717, 1.165) is 0 Å². The molecule has 0 amide bonds. The second-order valence-corrected chi connectivity index (χ2v) is 3.89. The van der Waals surface area contributed by atoms with Gasteiger partial charge in [0.15, 0.2) is 6.10 Å². The maximum Gasteiger partial charge on any atom is 0.344 e. The summed E-state index contributed by atoms with van der Waals surface area (Å²) in [5.74, 6) is -1.31. The first-order valence-corrected chi connectivity index (χ1v) is 4.99. The van der Waals surface area contributed by atoms with E-state index in [2.05, 4.69) is 5.32 Å². The van der Waals surface area contributed by atoms with E-state index in [9.17, 15) is 9.59 Å². The number of carboxylic acids is 1. The van der Waals surface area contributed by atoms with Crippen molar-refractivity contribution in [2.75, 3.05) is 7.05 Å². The van der Waals surface area contributed by atoms with E-state index in [1.165, 1.54) is 6.92 Å². The number of carboxylic acid groups (broad SMARTS) is 1. The van der Waals surface area contributed by atoms with Gasteiger partial charge in [-0.05, 0) is 26.3 Å². The van der Waals surface area contributed by atoms with E-state index in [1.807, 2.05) is 13.8 Å². The largest absolute Gasteiger partial charge is 0.479 e. The summed E-state index contributed by atoms with van der Waals surface area (Å²) in [5, 5.41) is 11.4. The molecule has 15 heavy (non-hydrogen) atoms. The van der Waals surface area contributed by atoms with Crippen LogP contribution in [0.1, 0.15) is 27.2 Å². The van der Waals surface area contributed by atoms with Crippen molar-refractivity contribution in [3.63, 3.8) is 0 Å². The van der Waals surface area contributed by atoms with Crippen molar-refractivity contribution >= 4 is 11.9 Å². The number of esters is 1. The van der Waals surface area contributed by atoms with Gasteiger partial charge in [0.1, 0.15) is 6.04 Å². The van der Waals surface area contributed by atoms with Crippen molar-refractivity contribution in [3.05, 3.63) is 0 Å². The fourth-order valence-corrected chi connectivity index (χ4v) is 1.11. The number of likely N-dealkylation sites (N-methyl/N-ethyl adjacent to an activating group) is 1. The molecule has 0 fully saturated rings. The summed E-state index contributed by atoms with van der Waals surface area (Å²) < 4.78 is 4.76. The Kier molecular flexibility index (Phi) is 5.93. The molecule has 0 aromatic rings. The Bertz CT molecular complexity index is 227. The van der Waals surface area contributed by atoms with Crippen LogP contribution in [0.4, 0.5) is 0 Å². The third-order valence-electron chi connectivity index (χ3n) is 1.98. The van der Waals surface area contributed by atoms with Crippen LogP contribution < -0.4 is 5.32 Å². The number of hydrogen-bond acceptors (Lipinski definition) is 4. The van der Waals surface area contributed by atoms with Crippen molar-refractivity contribution in [2.45, 2.75) is 39.3 Å². The van der Waals surface area contributed by atoms with Gasteiger partial charge >= 0.3 is 11.9 Å². The molecule has 0 aromatic carbocycles. The highest BCUT2D eigenvalue weighted by Gasteiger charge is 2.23. The molecule has 0 rings (SSSR count).